The maximum atomic E-state index is 12.7. The molecule has 7 nitrogen and oxygen atoms in total. The number of ether oxygens (including phenoxy) is 1. The van der Waals surface area contributed by atoms with Crippen molar-refractivity contribution < 1.29 is 23.8 Å². The lowest BCUT2D eigenvalue weighted by Crippen LogP contribution is -2.43. The van der Waals surface area contributed by atoms with E-state index in [4.69, 9.17) is 9.15 Å². The summed E-state index contributed by atoms with van der Waals surface area (Å²) >= 11 is 1.42. The third kappa shape index (κ3) is 5.88. The molecular weight excluding hydrogens is 466 g/mol. The third-order valence-electron chi connectivity index (χ3n) is 6.22. The maximum Gasteiger partial charge on any atom is 0.340 e. The number of nitrogens with one attached hydrogen (secondary N) is 1. The summed E-state index contributed by atoms with van der Waals surface area (Å²) in [5.41, 5.74) is 2.52. The molecule has 1 aromatic heterocycles. The Morgan fingerprint density at radius 1 is 1.20 bits per heavy atom. The second-order valence-electron chi connectivity index (χ2n) is 9.45. The van der Waals surface area contributed by atoms with Gasteiger partial charge in [0.1, 0.15) is 23.0 Å². The molecule has 0 aliphatic carbocycles. The number of carboxylic acid groups (broad SMARTS) is 1. The van der Waals surface area contributed by atoms with Crippen LogP contribution in [0.15, 0.2) is 51.7 Å². The number of fused-ring (bicyclic) bond motifs is 2. The van der Waals surface area contributed by atoms with Gasteiger partial charge in [0.2, 0.25) is 5.91 Å². The van der Waals surface area contributed by atoms with Crippen molar-refractivity contribution in [1.82, 2.24) is 5.32 Å². The van der Waals surface area contributed by atoms with Gasteiger partial charge in [0.25, 0.3) is 0 Å². The molecule has 2 heterocycles. The standard InChI is InChI=1S/C27H29NO6S/c1-16-19-11-18-9-10-27(2,3)34-22(18)13-23(19)33-26(32)20(16)12-24(29)28-21(25(30)31)15-35-14-17-7-5-4-6-8-17/h4-8,11,13,21H,9-10,12,14-15H2,1-3H3,(H,28,29)(H,30,31)/t21-/m1/s1. The topological polar surface area (TPSA) is 106 Å². The smallest absolute Gasteiger partial charge is 0.340 e. The van der Waals surface area contributed by atoms with Crippen LogP contribution in [0, 0.1) is 6.92 Å². The van der Waals surface area contributed by atoms with E-state index in [2.05, 4.69) is 5.32 Å². The minimum absolute atomic E-state index is 0.212. The average molecular weight is 496 g/mol. The van der Waals surface area contributed by atoms with Crippen molar-refractivity contribution >= 4 is 34.6 Å². The van der Waals surface area contributed by atoms with E-state index in [-0.39, 0.29) is 23.3 Å². The Hall–Kier alpha value is -3.26. The predicted octanol–water partition coefficient (Wildman–Crippen LogP) is 4.25. The Morgan fingerprint density at radius 3 is 2.66 bits per heavy atom. The molecule has 1 aliphatic heterocycles. The molecule has 4 rings (SSSR count). The van der Waals surface area contributed by atoms with E-state index in [0.717, 1.165) is 29.4 Å². The fourth-order valence-corrected chi connectivity index (χ4v) is 5.20. The summed E-state index contributed by atoms with van der Waals surface area (Å²) in [6, 6.07) is 12.3. The van der Waals surface area contributed by atoms with E-state index >= 15 is 0 Å². The Morgan fingerprint density at radius 2 is 1.94 bits per heavy atom. The highest BCUT2D eigenvalue weighted by atomic mass is 32.2. The summed E-state index contributed by atoms with van der Waals surface area (Å²) in [6.07, 6.45) is 1.46. The van der Waals surface area contributed by atoms with E-state index in [0.29, 0.717) is 22.6 Å². The van der Waals surface area contributed by atoms with Crippen molar-refractivity contribution in [3.05, 3.63) is 75.1 Å². The Bertz CT molecular complexity index is 1310. The van der Waals surface area contributed by atoms with Gasteiger partial charge in [0, 0.05) is 23.0 Å². The first kappa shape index (κ1) is 24.9. The van der Waals surface area contributed by atoms with Crippen molar-refractivity contribution in [1.29, 1.82) is 0 Å². The summed E-state index contributed by atoms with van der Waals surface area (Å²) in [4.78, 5) is 37.1. The number of benzene rings is 2. The van der Waals surface area contributed by atoms with Crippen molar-refractivity contribution in [2.75, 3.05) is 5.75 Å². The molecular formula is C27H29NO6S. The molecule has 0 radical (unpaired) electrons. The summed E-state index contributed by atoms with van der Waals surface area (Å²) in [5.74, 6) is -0.0895. The number of hydrogen-bond acceptors (Lipinski definition) is 6. The fourth-order valence-electron chi connectivity index (χ4n) is 4.19. The Labute approximate surface area is 207 Å². The number of aryl methyl sites for hydroxylation is 2. The van der Waals surface area contributed by atoms with Crippen LogP contribution in [0.4, 0.5) is 0 Å². The SMILES string of the molecule is Cc1c(CC(=O)N[C@H](CSCc2ccccc2)C(=O)O)c(=O)oc2cc3c(cc12)CCC(C)(C)O3. The quantitative estimate of drug-likeness (QED) is 0.450. The second kappa shape index (κ2) is 10.2. The molecule has 0 bridgehead atoms. The number of carboxylic acids is 1. The van der Waals surface area contributed by atoms with Crippen molar-refractivity contribution in [2.45, 2.75) is 57.4 Å². The maximum absolute atomic E-state index is 12.7. The van der Waals surface area contributed by atoms with Gasteiger partial charge >= 0.3 is 11.6 Å². The highest BCUT2D eigenvalue weighted by Crippen LogP contribution is 2.36. The van der Waals surface area contributed by atoms with E-state index in [1.807, 2.05) is 50.2 Å². The largest absolute Gasteiger partial charge is 0.487 e. The molecule has 2 N–H and O–H groups in total. The fraction of sp³-hybridized carbons (Fsp3) is 0.370. The van der Waals surface area contributed by atoms with Gasteiger partial charge in [-0.15, -0.1) is 0 Å². The van der Waals surface area contributed by atoms with E-state index in [1.165, 1.54) is 11.8 Å². The minimum atomic E-state index is -1.12. The van der Waals surface area contributed by atoms with Gasteiger partial charge in [-0.2, -0.15) is 11.8 Å². The third-order valence-corrected chi connectivity index (χ3v) is 7.32. The molecule has 0 saturated heterocycles. The summed E-state index contributed by atoms with van der Waals surface area (Å²) in [6.45, 7) is 5.83. The Kier molecular flexibility index (Phi) is 7.21. The zero-order chi connectivity index (χ0) is 25.2. The molecule has 1 amide bonds. The van der Waals surface area contributed by atoms with Crippen molar-refractivity contribution in [2.24, 2.45) is 0 Å². The first-order valence-corrected chi connectivity index (χ1v) is 12.7. The summed E-state index contributed by atoms with van der Waals surface area (Å²) < 4.78 is 11.6. The van der Waals surface area contributed by atoms with Crippen LogP contribution in [0.5, 0.6) is 5.75 Å². The van der Waals surface area contributed by atoms with Gasteiger partial charge < -0.3 is 19.6 Å². The van der Waals surface area contributed by atoms with Crippen molar-refractivity contribution in [3.63, 3.8) is 0 Å². The van der Waals surface area contributed by atoms with Gasteiger partial charge in [-0.05, 0) is 56.4 Å². The first-order valence-electron chi connectivity index (χ1n) is 11.5. The number of thioether (sulfide) groups is 1. The molecule has 3 aromatic rings. The number of hydrogen-bond donors (Lipinski definition) is 2. The highest BCUT2D eigenvalue weighted by Gasteiger charge is 2.28. The van der Waals surface area contributed by atoms with Crippen molar-refractivity contribution in [3.8, 4) is 5.75 Å². The van der Waals surface area contributed by atoms with Gasteiger partial charge in [0.15, 0.2) is 0 Å². The van der Waals surface area contributed by atoms with Gasteiger partial charge in [-0.25, -0.2) is 9.59 Å². The summed E-state index contributed by atoms with van der Waals surface area (Å²) in [7, 11) is 0. The Balaban J connectivity index is 1.48. The summed E-state index contributed by atoms with van der Waals surface area (Å²) in [5, 5.41) is 12.9. The average Bonchev–Trinajstić information content (AvgIpc) is 2.80. The molecule has 35 heavy (non-hydrogen) atoms. The highest BCUT2D eigenvalue weighted by molar-refractivity contribution is 7.98. The van der Waals surface area contributed by atoms with Gasteiger partial charge in [-0.3, -0.25) is 4.79 Å². The van der Waals surface area contributed by atoms with Crippen LogP contribution in [-0.2, 0) is 28.2 Å². The van der Waals surface area contributed by atoms with Crippen LogP contribution in [0.3, 0.4) is 0 Å². The molecule has 1 atom stereocenters. The van der Waals surface area contributed by atoms with E-state index in [9.17, 15) is 19.5 Å². The zero-order valence-electron chi connectivity index (χ0n) is 20.1. The number of rotatable bonds is 8. The predicted molar refractivity (Wildman–Crippen MR) is 136 cm³/mol. The van der Waals surface area contributed by atoms with Crippen LogP contribution < -0.4 is 15.7 Å². The lowest BCUT2D eigenvalue weighted by atomic mass is 9.92. The van der Waals surface area contributed by atoms with Crippen LogP contribution in [0.1, 0.15) is 42.5 Å². The first-order chi connectivity index (χ1) is 16.6. The van der Waals surface area contributed by atoms with Crippen LogP contribution in [0.2, 0.25) is 0 Å². The number of aliphatic carboxylic acids is 1. The van der Waals surface area contributed by atoms with E-state index in [1.54, 1.807) is 13.0 Å². The molecule has 0 spiro atoms. The molecule has 184 valence electrons. The number of carbonyl (C=O) groups is 2. The van der Waals surface area contributed by atoms with Crippen LogP contribution >= 0.6 is 11.8 Å². The molecule has 0 unspecified atom stereocenters. The monoisotopic (exact) mass is 495 g/mol. The van der Waals surface area contributed by atoms with Crippen LogP contribution in [-0.4, -0.2) is 34.4 Å². The molecule has 0 fully saturated rings. The van der Waals surface area contributed by atoms with Gasteiger partial charge in [0.05, 0.1) is 12.0 Å². The minimum Gasteiger partial charge on any atom is -0.487 e. The lowest BCUT2D eigenvalue weighted by molar-refractivity contribution is -0.141. The number of carbonyl (C=O) groups excluding carboxylic acids is 1. The van der Waals surface area contributed by atoms with Crippen LogP contribution in [0.25, 0.3) is 11.0 Å². The normalized spacial score (nSPS) is 15.2. The lowest BCUT2D eigenvalue weighted by Gasteiger charge is -2.32. The number of amides is 1. The molecule has 2 aromatic carbocycles. The molecule has 8 heteroatoms. The molecule has 0 saturated carbocycles. The van der Waals surface area contributed by atoms with Gasteiger partial charge in [-0.1, -0.05) is 30.3 Å². The zero-order valence-corrected chi connectivity index (χ0v) is 20.9. The second-order valence-corrected chi connectivity index (χ2v) is 10.5. The van der Waals surface area contributed by atoms with E-state index < -0.39 is 23.5 Å². The molecule has 1 aliphatic rings.